The summed E-state index contributed by atoms with van der Waals surface area (Å²) in [5.41, 5.74) is 0. The molecule has 21 heavy (non-hydrogen) atoms. The number of carbonyl (C=O) groups excluding carboxylic acids is 3. The van der Waals surface area contributed by atoms with Gasteiger partial charge in [0.1, 0.15) is 13.2 Å². The van der Waals surface area contributed by atoms with Gasteiger partial charge in [-0.1, -0.05) is 69.6 Å². The lowest BCUT2D eigenvalue weighted by Gasteiger charge is -2.13. The zero-order valence-corrected chi connectivity index (χ0v) is 14.7. The second kappa shape index (κ2) is 9.33. The molecule has 12 heteroatoms. The average molecular weight is 424 g/mol. The molecular weight excluding hydrogens is 415 g/mol. The molecule has 0 unspecified atom stereocenters. The van der Waals surface area contributed by atoms with Crippen molar-refractivity contribution in [1.82, 2.24) is 5.32 Å². The largest absolute Gasteiger partial charge is 0.508 e. The molecule has 0 atom stereocenters. The molecule has 0 bridgehead atoms. The monoisotopic (exact) mass is 421 g/mol. The predicted octanol–water partition coefficient (Wildman–Crippen LogP) is 3.30. The molecule has 0 saturated carbocycles. The molecule has 1 heterocycles. The Morgan fingerprint density at radius 3 is 1.43 bits per heavy atom. The summed E-state index contributed by atoms with van der Waals surface area (Å²) in [6.07, 6.45) is -0.333. The van der Waals surface area contributed by atoms with Gasteiger partial charge in [0.15, 0.2) is 0 Å². The summed E-state index contributed by atoms with van der Waals surface area (Å²) >= 11 is 31.7. The molecule has 1 aliphatic heterocycles. The fraction of sp³-hybridized carbons (Fsp3) is 0.667. The van der Waals surface area contributed by atoms with E-state index >= 15 is 0 Å². The maximum Gasteiger partial charge on any atom is 0.508 e. The van der Waals surface area contributed by atoms with E-state index in [0.29, 0.717) is 12.8 Å². The number of nitrogens with one attached hydrogen (secondary N) is 1. The Balaban J connectivity index is 0.000000471. The SMILES string of the molecule is O=C(OCC(Cl)(Cl)Cl)OCC(Cl)(Cl)Cl.O=C1CCC(=O)N1. The van der Waals surface area contributed by atoms with Crippen LogP contribution in [0.1, 0.15) is 12.8 Å². The molecule has 1 saturated heterocycles. The Morgan fingerprint density at radius 1 is 0.905 bits per heavy atom. The fourth-order valence-electron chi connectivity index (χ4n) is 0.831. The molecule has 0 aromatic heterocycles. The minimum absolute atomic E-state index is 0.148. The lowest BCUT2D eigenvalue weighted by Crippen LogP contribution is -2.22. The summed E-state index contributed by atoms with van der Waals surface area (Å²) in [5, 5.41) is 2.14. The average Bonchev–Trinajstić information content (AvgIpc) is 2.67. The van der Waals surface area contributed by atoms with Crippen molar-refractivity contribution in [2.45, 2.75) is 20.4 Å². The van der Waals surface area contributed by atoms with Gasteiger partial charge in [0.05, 0.1) is 0 Å². The smallest absolute Gasteiger partial charge is 0.430 e. The summed E-state index contributed by atoms with van der Waals surface area (Å²) in [6, 6.07) is 0. The van der Waals surface area contributed by atoms with Gasteiger partial charge < -0.3 is 9.47 Å². The van der Waals surface area contributed by atoms with Crippen molar-refractivity contribution >= 4 is 87.6 Å². The van der Waals surface area contributed by atoms with Crippen molar-refractivity contribution in [2.24, 2.45) is 0 Å². The van der Waals surface area contributed by atoms with Crippen LogP contribution in [0.25, 0.3) is 0 Å². The molecular formula is C9H9Cl6NO5. The van der Waals surface area contributed by atoms with Crippen molar-refractivity contribution in [2.75, 3.05) is 13.2 Å². The first-order chi connectivity index (χ1) is 9.39. The van der Waals surface area contributed by atoms with Crippen LogP contribution in [-0.2, 0) is 19.1 Å². The molecule has 1 aliphatic rings. The highest BCUT2D eigenvalue weighted by Gasteiger charge is 2.25. The van der Waals surface area contributed by atoms with Gasteiger partial charge in [0.25, 0.3) is 0 Å². The van der Waals surface area contributed by atoms with Gasteiger partial charge in [-0.05, 0) is 0 Å². The highest BCUT2D eigenvalue weighted by molar-refractivity contribution is 6.68. The number of alkyl halides is 6. The third-order valence-electron chi connectivity index (χ3n) is 1.57. The maximum atomic E-state index is 10.7. The highest BCUT2D eigenvalue weighted by Crippen LogP contribution is 2.27. The van der Waals surface area contributed by atoms with E-state index in [0.717, 1.165) is 0 Å². The number of hydrogen-bond acceptors (Lipinski definition) is 5. The lowest BCUT2D eigenvalue weighted by molar-refractivity contribution is -0.124. The summed E-state index contributed by atoms with van der Waals surface area (Å²) in [6.45, 7) is -0.896. The first-order valence-electron chi connectivity index (χ1n) is 5.15. The molecule has 6 nitrogen and oxygen atoms in total. The molecule has 122 valence electrons. The minimum atomic E-state index is -1.70. The number of ether oxygens (including phenoxy) is 2. The van der Waals surface area contributed by atoms with E-state index in [9.17, 15) is 14.4 Å². The second-order valence-electron chi connectivity index (χ2n) is 3.53. The van der Waals surface area contributed by atoms with Crippen LogP contribution in [0.2, 0.25) is 0 Å². The predicted molar refractivity (Wildman–Crippen MR) is 80.3 cm³/mol. The minimum Gasteiger partial charge on any atom is -0.430 e. The fourth-order valence-corrected chi connectivity index (χ4v) is 1.16. The van der Waals surface area contributed by atoms with Crippen LogP contribution >= 0.6 is 69.6 Å². The van der Waals surface area contributed by atoms with E-state index in [-0.39, 0.29) is 11.8 Å². The van der Waals surface area contributed by atoms with Crippen molar-refractivity contribution in [3.8, 4) is 0 Å². The standard InChI is InChI=1S/C5H4Cl6O3.C4H5NO2/c6-4(7,8)1-13-3(12)14-2-5(9,10)11;6-3-1-2-4(7)5-3/h1-2H2;1-2H2,(H,5,6,7). The summed E-state index contributed by atoms with van der Waals surface area (Å²) in [4.78, 5) is 31.0. The van der Waals surface area contributed by atoms with Crippen LogP contribution in [0.15, 0.2) is 0 Å². The molecule has 0 aromatic carbocycles. The van der Waals surface area contributed by atoms with Gasteiger partial charge in [-0.2, -0.15) is 0 Å². The molecule has 1 N–H and O–H groups in total. The molecule has 0 aromatic rings. The van der Waals surface area contributed by atoms with Crippen LogP contribution in [0.3, 0.4) is 0 Å². The Hall–Kier alpha value is 0.150. The number of imide groups is 1. The number of amides is 2. The van der Waals surface area contributed by atoms with Crippen LogP contribution in [-0.4, -0.2) is 38.8 Å². The van der Waals surface area contributed by atoms with Crippen molar-refractivity contribution in [3.63, 3.8) is 0 Å². The normalized spacial score (nSPS) is 15.0. The third-order valence-corrected chi connectivity index (χ3v) is 2.22. The first-order valence-corrected chi connectivity index (χ1v) is 7.41. The molecule has 0 spiro atoms. The van der Waals surface area contributed by atoms with Crippen LogP contribution in [0.4, 0.5) is 4.79 Å². The van der Waals surface area contributed by atoms with Gasteiger partial charge in [-0.15, -0.1) is 0 Å². The molecule has 0 aliphatic carbocycles. The zero-order valence-electron chi connectivity index (χ0n) is 10.1. The van der Waals surface area contributed by atoms with Crippen molar-refractivity contribution in [3.05, 3.63) is 0 Å². The Kier molecular flexibility index (Phi) is 9.39. The van der Waals surface area contributed by atoms with E-state index in [2.05, 4.69) is 14.8 Å². The Morgan fingerprint density at radius 2 is 1.24 bits per heavy atom. The van der Waals surface area contributed by atoms with Crippen molar-refractivity contribution < 1.29 is 23.9 Å². The summed E-state index contributed by atoms with van der Waals surface area (Å²) in [7, 11) is 0. The van der Waals surface area contributed by atoms with E-state index in [1.165, 1.54) is 0 Å². The molecule has 1 rings (SSSR count). The van der Waals surface area contributed by atoms with E-state index in [1.807, 2.05) is 0 Å². The van der Waals surface area contributed by atoms with Gasteiger partial charge in [-0.25, -0.2) is 4.79 Å². The van der Waals surface area contributed by atoms with Crippen LogP contribution in [0, 0.1) is 0 Å². The highest BCUT2D eigenvalue weighted by atomic mass is 35.6. The Bertz CT molecular complexity index is 357. The summed E-state index contributed by atoms with van der Waals surface area (Å²) < 4.78 is 5.35. The van der Waals surface area contributed by atoms with Crippen LogP contribution < -0.4 is 5.32 Å². The molecule has 2 amide bonds. The van der Waals surface area contributed by atoms with Crippen LogP contribution in [0.5, 0.6) is 0 Å². The van der Waals surface area contributed by atoms with Gasteiger partial charge >= 0.3 is 6.16 Å². The maximum absolute atomic E-state index is 10.7. The third kappa shape index (κ3) is 14.8. The van der Waals surface area contributed by atoms with E-state index in [1.54, 1.807) is 0 Å². The van der Waals surface area contributed by atoms with Gasteiger partial charge in [-0.3, -0.25) is 14.9 Å². The summed E-state index contributed by atoms with van der Waals surface area (Å²) in [5.74, 6) is -0.296. The number of rotatable bonds is 2. The van der Waals surface area contributed by atoms with E-state index in [4.69, 9.17) is 69.6 Å². The van der Waals surface area contributed by atoms with Gasteiger partial charge in [0, 0.05) is 12.8 Å². The number of hydrogen-bond donors (Lipinski definition) is 1. The number of carbonyl (C=O) groups is 3. The Labute approximate surface area is 150 Å². The number of halogens is 6. The van der Waals surface area contributed by atoms with E-state index < -0.39 is 27.0 Å². The lowest BCUT2D eigenvalue weighted by atomic mass is 10.4. The first kappa shape index (κ1) is 21.1. The van der Waals surface area contributed by atoms with Crippen molar-refractivity contribution in [1.29, 1.82) is 0 Å². The molecule has 1 fully saturated rings. The topological polar surface area (TPSA) is 81.7 Å². The quantitative estimate of drug-likeness (QED) is 0.418. The second-order valence-corrected chi connectivity index (χ2v) is 8.56. The zero-order chi connectivity index (χ0) is 16.7. The molecule has 0 radical (unpaired) electrons. The van der Waals surface area contributed by atoms with Gasteiger partial charge in [0.2, 0.25) is 19.4 Å².